The lowest BCUT2D eigenvalue weighted by Crippen LogP contribution is -2.41. The highest BCUT2D eigenvalue weighted by atomic mass is 127. The first-order chi connectivity index (χ1) is 9.79. The summed E-state index contributed by atoms with van der Waals surface area (Å²) in [6.45, 7) is 3.60. The number of guanidine groups is 1. The molecule has 0 saturated heterocycles. The van der Waals surface area contributed by atoms with Crippen molar-refractivity contribution in [1.29, 1.82) is 0 Å². The number of allylic oxidation sites excluding steroid dienone is 1. The minimum absolute atomic E-state index is 0. The molecule has 5 heteroatoms. The molecule has 0 atom stereocenters. The van der Waals surface area contributed by atoms with Crippen molar-refractivity contribution in [2.45, 2.75) is 38.5 Å². The van der Waals surface area contributed by atoms with E-state index in [1.165, 1.54) is 32.1 Å². The van der Waals surface area contributed by atoms with Gasteiger partial charge in [-0.2, -0.15) is 0 Å². The van der Waals surface area contributed by atoms with E-state index in [2.05, 4.69) is 28.3 Å². The summed E-state index contributed by atoms with van der Waals surface area (Å²) in [4.78, 5) is 6.48. The second kappa shape index (κ2) is 10.4. The minimum Gasteiger partial charge on any atom is -0.379 e. The largest absolute Gasteiger partial charge is 0.379 e. The van der Waals surface area contributed by atoms with Crippen molar-refractivity contribution in [1.82, 2.24) is 10.2 Å². The molecule has 2 rings (SSSR count). The highest BCUT2D eigenvalue weighted by Gasteiger charge is 2.21. The van der Waals surface area contributed by atoms with Gasteiger partial charge in [-0.05, 0) is 44.4 Å². The van der Waals surface area contributed by atoms with Crippen LogP contribution in [-0.4, -0.2) is 51.3 Å². The van der Waals surface area contributed by atoms with Gasteiger partial charge in [0.05, 0.1) is 6.61 Å². The molecule has 0 bridgehead atoms. The van der Waals surface area contributed by atoms with E-state index in [-0.39, 0.29) is 24.0 Å². The van der Waals surface area contributed by atoms with Crippen molar-refractivity contribution >= 4 is 29.9 Å². The highest BCUT2D eigenvalue weighted by Crippen LogP contribution is 2.28. The second-order valence-corrected chi connectivity index (χ2v) is 5.92. The molecule has 122 valence electrons. The molecular formula is C16H30IN3O. The van der Waals surface area contributed by atoms with Gasteiger partial charge in [0.25, 0.3) is 0 Å². The van der Waals surface area contributed by atoms with Gasteiger partial charge < -0.3 is 15.0 Å². The Bertz CT molecular complexity index is 353. The summed E-state index contributed by atoms with van der Waals surface area (Å²) in [5.74, 6) is 1.82. The Labute approximate surface area is 146 Å². The van der Waals surface area contributed by atoms with E-state index in [4.69, 9.17) is 4.74 Å². The van der Waals surface area contributed by atoms with E-state index in [1.807, 2.05) is 7.05 Å². The number of hydrogen-bond donors (Lipinski definition) is 1. The third-order valence-corrected chi connectivity index (χ3v) is 4.06. The van der Waals surface area contributed by atoms with Crippen LogP contribution < -0.4 is 5.32 Å². The Hall–Kier alpha value is -0.300. The molecule has 1 N–H and O–H groups in total. The Morgan fingerprint density at radius 3 is 2.90 bits per heavy atom. The first-order valence-corrected chi connectivity index (χ1v) is 7.97. The number of aliphatic imine (C=N–C) groups is 1. The summed E-state index contributed by atoms with van der Waals surface area (Å²) in [6, 6.07) is 0. The molecule has 0 aromatic rings. The van der Waals surface area contributed by atoms with Crippen LogP contribution in [0.4, 0.5) is 0 Å². The number of ether oxygens (including phenoxy) is 1. The molecule has 2 aliphatic rings. The van der Waals surface area contributed by atoms with Crippen LogP contribution in [0.15, 0.2) is 16.6 Å². The standard InChI is InChI=1S/C16H29N3O.HI/c1-17-16(18-10-9-14-5-3-4-6-14)19(2)11-12-20-13-15-7-8-15;/h5,15H,3-4,6-13H2,1-2H3,(H,17,18);1H. The van der Waals surface area contributed by atoms with Crippen molar-refractivity contribution < 1.29 is 4.74 Å². The van der Waals surface area contributed by atoms with Gasteiger partial charge in [0.2, 0.25) is 0 Å². The summed E-state index contributed by atoms with van der Waals surface area (Å²) in [7, 11) is 3.92. The number of nitrogens with one attached hydrogen (secondary N) is 1. The number of likely N-dealkylation sites (N-methyl/N-ethyl adjacent to an activating group) is 1. The summed E-state index contributed by atoms with van der Waals surface area (Å²) < 4.78 is 5.68. The van der Waals surface area contributed by atoms with Gasteiger partial charge in [-0.25, -0.2) is 0 Å². The first-order valence-electron chi connectivity index (χ1n) is 7.97. The van der Waals surface area contributed by atoms with E-state index in [0.29, 0.717) is 0 Å². The van der Waals surface area contributed by atoms with E-state index < -0.39 is 0 Å². The number of halogens is 1. The summed E-state index contributed by atoms with van der Waals surface area (Å²) in [5, 5.41) is 3.44. The topological polar surface area (TPSA) is 36.9 Å². The lowest BCUT2D eigenvalue weighted by molar-refractivity contribution is 0.115. The van der Waals surface area contributed by atoms with Gasteiger partial charge in [0.1, 0.15) is 0 Å². The molecule has 0 spiro atoms. The second-order valence-electron chi connectivity index (χ2n) is 5.92. The fourth-order valence-corrected chi connectivity index (χ4v) is 2.53. The lowest BCUT2D eigenvalue weighted by atomic mass is 10.2. The average Bonchev–Trinajstić information content (AvgIpc) is 3.14. The molecule has 0 heterocycles. The van der Waals surface area contributed by atoms with Crippen LogP contribution in [0.1, 0.15) is 38.5 Å². The van der Waals surface area contributed by atoms with Crippen LogP contribution in [-0.2, 0) is 4.74 Å². The van der Waals surface area contributed by atoms with Gasteiger partial charge in [0.15, 0.2) is 5.96 Å². The van der Waals surface area contributed by atoms with Gasteiger partial charge >= 0.3 is 0 Å². The van der Waals surface area contributed by atoms with Gasteiger partial charge in [0, 0.05) is 33.8 Å². The lowest BCUT2D eigenvalue weighted by Gasteiger charge is -2.22. The van der Waals surface area contributed by atoms with Gasteiger partial charge in [-0.1, -0.05) is 11.6 Å². The zero-order chi connectivity index (χ0) is 14.2. The van der Waals surface area contributed by atoms with Crippen molar-refractivity contribution in [2.75, 3.05) is 40.4 Å². The van der Waals surface area contributed by atoms with Crippen LogP contribution in [0.2, 0.25) is 0 Å². The van der Waals surface area contributed by atoms with Crippen LogP contribution in [0, 0.1) is 5.92 Å². The van der Waals surface area contributed by atoms with Gasteiger partial charge in [-0.15, -0.1) is 24.0 Å². The zero-order valence-corrected chi connectivity index (χ0v) is 15.8. The Morgan fingerprint density at radius 2 is 2.29 bits per heavy atom. The molecule has 0 aromatic heterocycles. The minimum atomic E-state index is 0. The number of hydrogen-bond acceptors (Lipinski definition) is 2. The molecule has 1 fully saturated rings. The fraction of sp³-hybridized carbons (Fsp3) is 0.812. The molecule has 1 saturated carbocycles. The van der Waals surface area contributed by atoms with E-state index in [9.17, 15) is 0 Å². The molecule has 2 aliphatic carbocycles. The molecular weight excluding hydrogens is 377 g/mol. The molecule has 4 nitrogen and oxygen atoms in total. The monoisotopic (exact) mass is 407 g/mol. The van der Waals surface area contributed by atoms with Crippen LogP contribution in [0.25, 0.3) is 0 Å². The van der Waals surface area contributed by atoms with Gasteiger partial charge in [-0.3, -0.25) is 4.99 Å². The van der Waals surface area contributed by atoms with Crippen molar-refractivity contribution in [3.05, 3.63) is 11.6 Å². The Kier molecular flexibility index (Phi) is 9.31. The number of rotatable bonds is 8. The Balaban J connectivity index is 0.00000220. The normalized spacial score (nSPS) is 18.2. The summed E-state index contributed by atoms with van der Waals surface area (Å²) in [6.07, 6.45) is 10.1. The molecule has 0 unspecified atom stereocenters. The Morgan fingerprint density at radius 1 is 1.48 bits per heavy atom. The SMILES string of the molecule is CN=C(NCCC1=CCCC1)N(C)CCOCC1CC1.I. The third kappa shape index (κ3) is 7.49. The highest BCUT2D eigenvalue weighted by molar-refractivity contribution is 14.0. The maximum Gasteiger partial charge on any atom is 0.193 e. The third-order valence-electron chi connectivity index (χ3n) is 4.06. The summed E-state index contributed by atoms with van der Waals surface area (Å²) in [5.41, 5.74) is 1.60. The van der Waals surface area contributed by atoms with Crippen molar-refractivity contribution in [2.24, 2.45) is 10.9 Å². The molecule has 21 heavy (non-hydrogen) atoms. The molecule has 0 amide bonds. The summed E-state index contributed by atoms with van der Waals surface area (Å²) >= 11 is 0. The van der Waals surface area contributed by atoms with Crippen LogP contribution in [0.5, 0.6) is 0 Å². The number of nitrogens with zero attached hydrogens (tertiary/aromatic N) is 2. The van der Waals surface area contributed by atoms with Crippen molar-refractivity contribution in [3.63, 3.8) is 0 Å². The first kappa shape index (κ1) is 18.7. The molecule has 0 aromatic carbocycles. The van der Waals surface area contributed by atoms with Crippen LogP contribution >= 0.6 is 24.0 Å². The maximum absolute atomic E-state index is 5.68. The predicted octanol–water partition coefficient (Wildman–Crippen LogP) is 3.04. The van der Waals surface area contributed by atoms with E-state index in [0.717, 1.165) is 44.6 Å². The molecule has 0 aliphatic heterocycles. The smallest absolute Gasteiger partial charge is 0.193 e. The quantitative estimate of drug-likeness (QED) is 0.221. The predicted molar refractivity (Wildman–Crippen MR) is 99.5 cm³/mol. The van der Waals surface area contributed by atoms with E-state index in [1.54, 1.807) is 5.57 Å². The van der Waals surface area contributed by atoms with Crippen LogP contribution in [0.3, 0.4) is 0 Å². The van der Waals surface area contributed by atoms with Crippen molar-refractivity contribution in [3.8, 4) is 0 Å². The van der Waals surface area contributed by atoms with E-state index >= 15 is 0 Å². The average molecular weight is 407 g/mol. The molecule has 0 radical (unpaired) electrons. The zero-order valence-electron chi connectivity index (χ0n) is 13.4. The fourth-order valence-electron chi connectivity index (χ4n) is 2.53. The maximum atomic E-state index is 5.68.